The fourth-order valence-electron chi connectivity index (χ4n) is 1.14. The Morgan fingerprint density at radius 1 is 1.54 bits per heavy atom. The average Bonchev–Trinajstić information content (AvgIpc) is 2.51. The first-order valence-electron chi connectivity index (χ1n) is 4.60. The van der Waals surface area contributed by atoms with Crippen molar-refractivity contribution in [3.05, 3.63) is 30.1 Å². The molecule has 1 aromatic heterocycles. The molecule has 0 aliphatic rings. The maximum absolute atomic E-state index is 4.10. The Morgan fingerprint density at radius 3 is 3.00 bits per heavy atom. The van der Waals surface area contributed by atoms with E-state index in [0.717, 1.165) is 19.4 Å². The van der Waals surface area contributed by atoms with E-state index in [4.69, 9.17) is 0 Å². The van der Waals surface area contributed by atoms with Crippen molar-refractivity contribution in [2.75, 3.05) is 13.6 Å². The van der Waals surface area contributed by atoms with Crippen LogP contribution in [0.1, 0.15) is 12.0 Å². The molecule has 0 amide bonds. The average molecular weight is 179 g/mol. The molecule has 0 saturated carbocycles. The molecular weight excluding hydrogens is 162 g/mol. The highest BCUT2D eigenvalue weighted by Crippen LogP contribution is 1.98. The number of allylic oxidation sites excluding steroid dienone is 1. The molecule has 0 bridgehead atoms. The molecule has 0 radical (unpaired) electrons. The van der Waals surface area contributed by atoms with Crippen LogP contribution in [0.4, 0.5) is 0 Å². The van der Waals surface area contributed by atoms with E-state index in [9.17, 15) is 0 Å². The Balaban J connectivity index is 2.22. The summed E-state index contributed by atoms with van der Waals surface area (Å²) in [5.74, 6) is 0. The van der Waals surface area contributed by atoms with Crippen LogP contribution in [0.3, 0.4) is 0 Å². The van der Waals surface area contributed by atoms with E-state index in [2.05, 4.69) is 22.6 Å². The van der Waals surface area contributed by atoms with Gasteiger partial charge in [0.25, 0.3) is 0 Å². The first-order valence-corrected chi connectivity index (χ1v) is 4.60. The summed E-state index contributed by atoms with van der Waals surface area (Å²) in [6.45, 7) is 1.05. The predicted octanol–water partition coefficient (Wildman–Crippen LogP) is 1.13. The van der Waals surface area contributed by atoms with Crippen LogP contribution < -0.4 is 5.32 Å². The lowest BCUT2D eigenvalue weighted by Gasteiger charge is -1.91. The molecule has 0 aliphatic heterocycles. The lowest BCUT2D eigenvalue weighted by Crippen LogP contribution is -2.05. The zero-order chi connectivity index (χ0) is 9.52. The van der Waals surface area contributed by atoms with Gasteiger partial charge in [0.2, 0.25) is 0 Å². The maximum atomic E-state index is 4.10. The molecule has 0 aliphatic carbocycles. The van der Waals surface area contributed by atoms with Gasteiger partial charge in [0.15, 0.2) is 0 Å². The van der Waals surface area contributed by atoms with Gasteiger partial charge in [0.1, 0.15) is 0 Å². The van der Waals surface area contributed by atoms with Gasteiger partial charge in [-0.15, -0.1) is 0 Å². The zero-order valence-electron chi connectivity index (χ0n) is 8.33. The van der Waals surface area contributed by atoms with E-state index >= 15 is 0 Å². The van der Waals surface area contributed by atoms with Crippen LogP contribution in [0, 0.1) is 0 Å². The SMILES string of the molecule is CNCCC=CCc1cnn(C)c1. The molecule has 0 atom stereocenters. The van der Waals surface area contributed by atoms with Crippen LogP contribution in [0.5, 0.6) is 0 Å². The Kier molecular flexibility index (Phi) is 4.26. The van der Waals surface area contributed by atoms with E-state index in [-0.39, 0.29) is 0 Å². The number of nitrogens with zero attached hydrogens (tertiary/aromatic N) is 2. The molecule has 1 aromatic rings. The predicted molar refractivity (Wildman–Crippen MR) is 54.6 cm³/mol. The van der Waals surface area contributed by atoms with Crippen LogP contribution in [0.25, 0.3) is 0 Å². The van der Waals surface area contributed by atoms with Crippen LogP contribution >= 0.6 is 0 Å². The van der Waals surface area contributed by atoms with Crippen LogP contribution in [-0.4, -0.2) is 23.4 Å². The second kappa shape index (κ2) is 5.54. The van der Waals surface area contributed by atoms with Gasteiger partial charge in [-0.05, 0) is 32.0 Å². The summed E-state index contributed by atoms with van der Waals surface area (Å²) in [6.07, 6.45) is 10.4. The molecule has 1 heterocycles. The van der Waals surface area contributed by atoms with E-state index in [1.165, 1.54) is 5.56 Å². The lowest BCUT2D eigenvalue weighted by atomic mass is 10.2. The molecule has 3 nitrogen and oxygen atoms in total. The van der Waals surface area contributed by atoms with Crippen molar-refractivity contribution in [3.8, 4) is 0 Å². The summed E-state index contributed by atoms with van der Waals surface area (Å²) < 4.78 is 1.83. The standard InChI is InChI=1S/C10H17N3/c1-11-7-5-3-4-6-10-8-12-13(2)9-10/h3-4,8-9,11H,5-7H2,1-2H3. The summed E-state index contributed by atoms with van der Waals surface area (Å²) in [4.78, 5) is 0. The summed E-state index contributed by atoms with van der Waals surface area (Å²) in [5, 5.41) is 7.20. The van der Waals surface area contributed by atoms with E-state index in [0.29, 0.717) is 0 Å². The maximum Gasteiger partial charge on any atom is 0.0524 e. The van der Waals surface area contributed by atoms with Gasteiger partial charge in [-0.3, -0.25) is 4.68 Å². The highest BCUT2D eigenvalue weighted by molar-refractivity contribution is 5.08. The third-order valence-electron chi connectivity index (χ3n) is 1.84. The molecule has 0 unspecified atom stereocenters. The fraction of sp³-hybridized carbons (Fsp3) is 0.500. The van der Waals surface area contributed by atoms with Crippen LogP contribution in [-0.2, 0) is 13.5 Å². The van der Waals surface area contributed by atoms with Gasteiger partial charge in [-0.1, -0.05) is 12.2 Å². The first kappa shape index (κ1) is 9.99. The molecule has 1 N–H and O–H groups in total. The van der Waals surface area contributed by atoms with Crippen molar-refractivity contribution >= 4 is 0 Å². The Labute approximate surface area is 79.5 Å². The van der Waals surface area contributed by atoms with Crippen LogP contribution in [0.15, 0.2) is 24.5 Å². The topological polar surface area (TPSA) is 29.9 Å². The second-order valence-electron chi connectivity index (χ2n) is 3.09. The number of aromatic nitrogens is 2. The van der Waals surface area contributed by atoms with Crippen molar-refractivity contribution in [1.82, 2.24) is 15.1 Å². The van der Waals surface area contributed by atoms with Crippen LogP contribution in [0.2, 0.25) is 0 Å². The molecule has 0 saturated heterocycles. The molecule has 72 valence electrons. The first-order chi connectivity index (χ1) is 6.33. The van der Waals surface area contributed by atoms with E-state index in [1.54, 1.807) is 0 Å². The third kappa shape index (κ3) is 3.90. The fourth-order valence-corrected chi connectivity index (χ4v) is 1.14. The summed E-state index contributed by atoms with van der Waals surface area (Å²) >= 11 is 0. The quantitative estimate of drug-likeness (QED) is 0.542. The summed E-state index contributed by atoms with van der Waals surface area (Å²) in [7, 11) is 3.91. The molecule has 0 spiro atoms. The second-order valence-corrected chi connectivity index (χ2v) is 3.09. The summed E-state index contributed by atoms with van der Waals surface area (Å²) in [6, 6.07) is 0. The molecular formula is C10H17N3. The van der Waals surface area contributed by atoms with Gasteiger partial charge in [-0.25, -0.2) is 0 Å². The minimum atomic E-state index is 0.984. The molecule has 13 heavy (non-hydrogen) atoms. The zero-order valence-corrected chi connectivity index (χ0v) is 8.33. The number of nitrogens with one attached hydrogen (secondary N) is 1. The van der Waals surface area contributed by atoms with Gasteiger partial charge in [0, 0.05) is 13.2 Å². The number of hydrogen-bond acceptors (Lipinski definition) is 2. The smallest absolute Gasteiger partial charge is 0.0524 e. The highest BCUT2D eigenvalue weighted by atomic mass is 15.2. The molecule has 0 aromatic carbocycles. The van der Waals surface area contributed by atoms with E-state index in [1.807, 2.05) is 31.2 Å². The number of aryl methyl sites for hydroxylation is 1. The summed E-state index contributed by atoms with van der Waals surface area (Å²) in [5.41, 5.74) is 1.27. The van der Waals surface area contributed by atoms with Crippen molar-refractivity contribution in [2.24, 2.45) is 7.05 Å². The number of rotatable bonds is 5. The molecule has 1 rings (SSSR count). The largest absolute Gasteiger partial charge is 0.319 e. The highest BCUT2D eigenvalue weighted by Gasteiger charge is 1.90. The lowest BCUT2D eigenvalue weighted by molar-refractivity contribution is 0.767. The van der Waals surface area contributed by atoms with Gasteiger partial charge >= 0.3 is 0 Å². The normalized spacial score (nSPS) is 11.2. The van der Waals surface area contributed by atoms with Gasteiger partial charge < -0.3 is 5.32 Å². The van der Waals surface area contributed by atoms with Gasteiger partial charge in [0.05, 0.1) is 6.20 Å². The van der Waals surface area contributed by atoms with Crippen molar-refractivity contribution in [2.45, 2.75) is 12.8 Å². The van der Waals surface area contributed by atoms with Crippen molar-refractivity contribution in [1.29, 1.82) is 0 Å². The van der Waals surface area contributed by atoms with Crippen molar-refractivity contribution < 1.29 is 0 Å². The third-order valence-corrected chi connectivity index (χ3v) is 1.84. The van der Waals surface area contributed by atoms with Crippen molar-refractivity contribution in [3.63, 3.8) is 0 Å². The van der Waals surface area contributed by atoms with Gasteiger partial charge in [-0.2, -0.15) is 5.10 Å². The monoisotopic (exact) mass is 179 g/mol. The Hall–Kier alpha value is -1.09. The Bertz CT molecular complexity index is 263. The Morgan fingerprint density at radius 2 is 2.38 bits per heavy atom. The van der Waals surface area contributed by atoms with E-state index < -0.39 is 0 Å². The molecule has 3 heteroatoms. The number of hydrogen-bond donors (Lipinski definition) is 1. The minimum absolute atomic E-state index is 0.984. The minimum Gasteiger partial charge on any atom is -0.319 e. The molecule has 0 fully saturated rings.